The molecule has 146 valence electrons. The summed E-state index contributed by atoms with van der Waals surface area (Å²) in [6.07, 6.45) is -2.84. The van der Waals surface area contributed by atoms with Crippen LogP contribution in [-0.2, 0) is 11.0 Å². The average molecular weight is 392 g/mol. The molecule has 2 fully saturated rings. The Morgan fingerprint density at radius 3 is 2.27 bits per heavy atom. The van der Waals surface area contributed by atoms with Crippen molar-refractivity contribution in [2.24, 2.45) is 11.1 Å². The van der Waals surface area contributed by atoms with E-state index in [0.717, 1.165) is 31.6 Å². The van der Waals surface area contributed by atoms with Gasteiger partial charge in [-0.25, -0.2) is 0 Å². The summed E-state index contributed by atoms with van der Waals surface area (Å²) in [4.78, 5) is 16.6. The van der Waals surface area contributed by atoms with Crippen LogP contribution in [0.3, 0.4) is 0 Å². The minimum atomic E-state index is -4.37. The van der Waals surface area contributed by atoms with Crippen LogP contribution in [-0.4, -0.2) is 42.5 Å². The zero-order valence-electron chi connectivity index (χ0n) is 14.9. The fourth-order valence-electron chi connectivity index (χ4n) is 3.77. The number of halogens is 4. The van der Waals surface area contributed by atoms with Gasteiger partial charge >= 0.3 is 6.18 Å². The van der Waals surface area contributed by atoms with Gasteiger partial charge in [-0.05, 0) is 42.5 Å². The zero-order valence-corrected chi connectivity index (χ0v) is 15.7. The van der Waals surface area contributed by atoms with Crippen LogP contribution in [0.2, 0.25) is 0 Å². The minimum Gasteiger partial charge on any atom is -0.327 e. The fourth-order valence-corrected chi connectivity index (χ4v) is 3.77. The van der Waals surface area contributed by atoms with Crippen molar-refractivity contribution in [3.8, 4) is 0 Å². The zero-order chi connectivity index (χ0) is 18.4. The molecule has 2 atom stereocenters. The van der Waals surface area contributed by atoms with Crippen molar-refractivity contribution in [2.75, 3.05) is 24.5 Å². The van der Waals surface area contributed by atoms with Crippen molar-refractivity contribution < 1.29 is 18.0 Å². The lowest BCUT2D eigenvalue weighted by atomic mass is 9.79. The van der Waals surface area contributed by atoms with Gasteiger partial charge in [-0.15, -0.1) is 12.4 Å². The molecule has 0 aromatic heterocycles. The van der Waals surface area contributed by atoms with Crippen molar-refractivity contribution in [3.05, 3.63) is 29.8 Å². The van der Waals surface area contributed by atoms with Gasteiger partial charge in [0.05, 0.1) is 11.6 Å². The molecule has 2 unspecified atom stereocenters. The van der Waals surface area contributed by atoms with Crippen molar-refractivity contribution in [2.45, 2.75) is 44.9 Å². The number of hydrogen-bond donors (Lipinski definition) is 1. The Hall–Kier alpha value is -1.31. The maximum absolute atomic E-state index is 12.8. The van der Waals surface area contributed by atoms with Crippen LogP contribution in [0.5, 0.6) is 0 Å². The lowest BCUT2D eigenvalue weighted by molar-refractivity contribution is -0.137. The number of nitrogens with zero attached hydrogens (tertiary/aromatic N) is 2. The largest absolute Gasteiger partial charge is 0.416 e. The topological polar surface area (TPSA) is 49.6 Å². The maximum Gasteiger partial charge on any atom is 0.416 e. The summed E-state index contributed by atoms with van der Waals surface area (Å²) in [5.74, 6) is -0.0361. The molecule has 2 heterocycles. The van der Waals surface area contributed by atoms with Gasteiger partial charge in [0, 0.05) is 31.4 Å². The summed E-state index contributed by atoms with van der Waals surface area (Å²) >= 11 is 0. The third-order valence-corrected chi connectivity index (χ3v) is 5.47. The van der Waals surface area contributed by atoms with Crippen LogP contribution >= 0.6 is 12.4 Å². The number of amides is 1. The van der Waals surface area contributed by atoms with Crippen molar-refractivity contribution >= 4 is 24.0 Å². The SMILES string of the molecule is CC1(C)CN(C2CCN(c3ccc(C(F)(F)F)cc3)C2=O)CCC1N.Cl. The van der Waals surface area contributed by atoms with Crippen LogP contribution < -0.4 is 10.6 Å². The molecule has 1 aromatic rings. The van der Waals surface area contributed by atoms with E-state index in [1.165, 1.54) is 12.1 Å². The summed E-state index contributed by atoms with van der Waals surface area (Å²) in [5, 5.41) is 0. The highest BCUT2D eigenvalue weighted by atomic mass is 35.5. The van der Waals surface area contributed by atoms with E-state index >= 15 is 0 Å². The molecule has 1 amide bonds. The van der Waals surface area contributed by atoms with E-state index in [2.05, 4.69) is 18.7 Å². The number of carbonyl (C=O) groups excluding carboxylic acids is 1. The molecular weight excluding hydrogens is 367 g/mol. The standard InChI is InChI=1S/C18H24F3N3O.ClH/c1-17(2)11-23(9-8-15(17)22)14-7-10-24(16(14)25)13-5-3-12(4-6-13)18(19,20)21;/h3-6,14-15H,7-11,22H2,1-2H3;1H. The number of likely N-dealkylation sites (tertiary alicyclic amines) is 1. The first kappa shape index (κ1) is 21.0. The molecule has 1 aromatic carbocycles. The van der Waals surface area contributed by atoms with Gasteiger partial charge in [-0.3, -0.25) is 9.69 Å². The summed E-state index contributed by atoms with van der Waals surface area (Å²) in [6, 6.07) is 4.70. The fraction of sp³-hybridized carbons (Fsp3) is 0.611. The third kappa shape index (κ3) is 4.00. The number of anilines is 1. The molecule has 8 heteroatoms. The highest BCUT2D eigenvalue weighted by molar-refractivity contribution is 5.99. The van der Waals surface area contributed by atoms with Crippen LogP contribution in [0.15, 0.2) is 24.3 Å². The lowest BCUT2D eigenvalue weighted by Gasteiger charge is -2.44. The normalized spacial score (nSPS) is 26.7. The number of piperidine rings is 1. The van der Waals surface area contributed by atoms with Gasteiger partial charge in [0.1, 0.15) is 0 Å². The highest BCUT2D eigenvalue weighted by Gasteiger charge is 2.42. The molecule has 0 spiro atoms. The second-order valence-corrected chi connectivity index (χ2v) is 7.69. The number of rotatable bonds is 2. The molecule has 26 heavy (non-hydrogen) atoms. The van der Waals surface area contributed by atoms with E-state index in [4.69, 9.17) is 5.73 Å². The van der Waals surface area contributed by atoms with E-state index in [1.807, 2.05) is 0 Å². The number of alkyl halides is 3. The van der Waals surface area contributed by atoms with E-state index in [-0.39, 0.29) is 35.8 Å². The molecule has 4 nitrogen and oxygen atoms in total. The van der Waals surface area contributed by atoms with Gasteiger partial charge in [0.25, 0.3) is 0 Å². The molecule has 0 saturated carbocycles. The summed E-state index contributed by atoms with van der Waals surface area (Å²) in [7, 11) is 0. The molecular formula is C18H25ClF3N3O. The Balaban J connectivity index is 0.00000243. The first-order valence-corrected chi connectivity index (χ1v) is 8.58. The molecule has 2 aliphatic rings. The highest BCUT2D eigenvalue weighted by Crippen LogP contribution is 2.34. The van der Waals surface area contributed by atoms with Crippen molar-refractivity contribution in [1.82, 2.24) is 4.90 Å². The summed E-state index contributed by atoms with van der Waals surface area (Å²) in [5.41, 5.74) is 5.93. The van der Waals surface area contributed by atoms with Gasteiger partial charge < -0.3 is 10.6 Å². The van der Waals surface area contributed by atoms with E-state index in [9.17, 15) is 18.0 Å². The van der Waals surface area contributed by atoms with Crippen LogP contribution in [0.4, 0.5) is 18.9 Å². The summed E-state index contributed by atoms with van der Waals surface area (Å²) in [6.45, 7) is 6.28. The number of nitrogens with two attached hydrogens (primary N) is 1. The van der Waals surface area contributed by atoms with E-state index in [0.29, 0.717) is 18.7 Å². The minimum absolute atomic E-state index is 0. The lowest BCUT2D eigenvalue weighted by Crippen LogP contribution is -2.56. The number of hydrogen-bond acceptors (Lipinski definition) is 3. The quantitative estimate of drug-likeness (QED) is 0.841. The predicted octanol–water partition coefficient (Wildman–Crippen LogP) is 3.29. The van der Waals surface area contributed by atoms with Gasteiger partial charge in [-0.2, -0.15) is 13.2 Å². The number of carbonyl (C=O) groups is 1. The maximum atomic E-state index is 12.8. The molecule has 2 saturated heterocycles. The average Bonchev–Trinajstić information content (AvgIpc) is 2.91. The second-order valence-electron chi connectivity index (χ2n) is 7.69. The molecule has 3 rings (SSSR count). The molecule has 0 aliphatic carbocycles. The first-order valence-electron chi connectivity index (χ1n) is 8.58. The predicted molar refractivity (Wildman–Crippen MR) is 97.4 cm³/mol. The Bertz CT molecular complexity index is 648. The van der Waals surface area contributed by atoms with Crippen molar-refractivity contribution in [3.63, 3.8) is 0 Å². The van der Waals surface area contributed by atoms with E-state index in [1.54, 1.807) is 4.90 Å². The van der Waals surface area contributed by atoms with Crippen LogP contribution in [0.25, 0.3) is 0 Å². The Morgan fingerprint density at radius 1 is 1.12 bits per heavy atom. The first-order chi connectivity index (χ1) is 11.6. The van der Waals surface area contributed by atoms with Gasteiger partial charge in [0.2, 0.25) is 5.91 Å². The Morgan fingerprint density at radius 2 is 1.73 bits per heavy atom. The molecule has 2 aliphatic heterocycles. The molecule has 2 N–H and O–H groups in total. The van der Waals surface area contributed by atoms with Gasteiger partial charge in [0.15, 0.2) is 0 Å². The Labute approximate surface area is 157 Å². The number of benzene rings is 1. The third-order valence-electron chi connectivity index (χ3n) is 5.47. The van der Waals surface area contributed by atoms with E-state index < -0.39 is 11.7 Å². The molecule has 0 bridgehead atoms. The summed E-state index contributed by atoms with van der Waals surface area (Å²) < 4.78 is 38.1. The van der Waals surface area contributed by atoms with Crippen LogP contribution in [0, 0.1) is 5.41 Å². The molecule has 0 radical (unpaired) electrons. The van der Waals surface area contributed by atoms with Gasteiger partial charge in [-0.1, -0.05) is 13.8 Å². The second kappa shape index (κ2) is 7.37. The Kier molecular flexibility index (Phi) is 5.95. The van der Waals surface area contributed by atoms with Crippen LogP contribution in [0.1, 0.15) is 32.3 Å². The smallest absolute Gasteiger partial charge is 0.327 e. The monoisotopic (exact) mass is 391 g/mol. The van der Waals surface area contributed by atoms with Crippen molar-refractivity contribution in [1.29, 1.82) is 0 Å².